The van der Waals surface area contributed by atoms with Crippen LogP contribution in [-0.2, 0) is 9.59 Å². The average molecular weight is 353 g/mol. The van der Waals surface area contributed by atoms with Crippen LogP contribution in [0.3, 0.4) is 0 Å². The van der Waals surface area contributed by atoms with Crippen LogP contribution in [-0.4, -0.2) is 34.5 Å². The second-order valence-corrected chi connectivity index (χ2v) is 5.95. The monoisotopic (exact) mass is 352 g/mol. The Bertz CT molecular complexity index is 695. The van der Waals surface area contributed by atoms with Crippen molar-refractivity contribution < 1.29 is 19.3 Å². The van der Waals surface area contributed by atoms with Crippen LogP contribution >= 0.6 is 15.9 Å². The third-order valence-electron chi connectivity index (χ3n) is 3.98. The van der Waals surface area contributed by atoms with Gasteiger partial charge in [0.25, 0.3) is 5.69 Å². The fourth-order valence-corrected chi connectivity index (χ4v) is 3.20. The van der Waals surface area contributed by atoms with Crippen molar-refractivity contribution in [1.29, 1.82) is 0 Å². The van der Waals surface area contributed by atoms with E-state index in [-0.39, 0.29) is 27.5 Å². The number of nitro benzene ring substituents is 1. The number of hydrogen-bond donors (Lipinski definition) is 0. The first-order chi connectivity index (χ1) is 9.84. The van der Waals surface area contributed by atoms with Gasteiger partial charge in [-0.25, -0.2) is 0 Å². The first-order valence-corrected chi connectivity index (χ1v) is 6.93. The number of imide groups is 1. The molecule has 1 aliphatic carbocycles. The minimum Gasteiger partial charge on any atom is -0.294 e. The predicted octanol–water partition coefficient (Wildman–Crippen LogP) is 1.40. The Labute approximate surface area is 127 Å². The zero-order valence-electron chi connectivity index (χ0n) is 10.8. The number of Topliss-reactive ketones (excluding diaryl/α,β-unsaturated/α-hetero) is 1. The zero-order valence-corrected chi connectivity index (χ0v) is 12.4. The molecule has 3 atom stereocenters. The van der Waals surface area contributed by atoms with Crippen molar-refractivity contribution in [3.63, 3.8) is 0 Å². The van der Waals surface area contributed by atoms with Gasteiger partial charge in [-0.3, -0.25) is 29.4 Å². The highest BCUT2D eigenvalue weighted by atomic mass is 79.9. The number of ketones is 1. The normalized spacial score (nSPS) is 26.8. The van der Waals surface area contributed by atoms with Crippen LogP contribution in [0.25, 0.3) is 0 Å². The highest BCUT2D eigenvalue weighted by Gasteiger charge is 2.69. The fraction of sp³-hybridized carbons (Fsp3) is 0.308. The number of piperidine rings is 1. The van der Waals surface area contributed by atoms with Gasteiger partial charge in [0, 0.05) is 24.6 Å². The number of fused-ring (bicyclic) bond motifs is 1. The van der Waals surface area contributed by atoms with Crippen molar-refractivity contribution >= 4 is 39.2 Å². The molecule has 1 aromatic carbocycles. The molecule has 1 saturated heterocycles. The Kier molecular flexibility index (Phi) is 2.94. The molecule has 1 saturated carbocycles. The van der Waals surface area contributed by atoms with E-state index in [1.807, 2.05) is 0 Å². The Morgan fingerprint density at radius 3 is 2.38 bits per heavy atom. The first-order valence-electron chi connectivity index (χ1n) is 6.14. The summed E-state index contributed by atoms with van der Waals surface area (Å²) in [5.74, 6) is -2.97. The van der Waals surface area contributed by atoms with Crippen LogP contribution in [0.2, 0.25) is 0 Å². The molecular weight excluding hydrogens is 344 g/mol. The zero-order chi connectivity index (χ0) is 15.5. The van der Waals surface area contributed by atoms with Crippen LogP contribution in [0.4, 0.5) is 5.69 Å². The van der Waals surface area contributed by atoms with Gasteiger partial charge in [0.1, 0.15) is 0 Å². The number of carbonyl (C=O) groups is 3. The van der Waals surface area contributed by atoms with E-state index in [0.717, 1.165) is 4.90 Å². The predicted molar refractivity (Wildman–Crippen MR) is 73.4 cm³/mol. The molecule has 3 rings (SSSR count). The molecule has 2 fully saturated rings. The van der Waals surface area contributed by atoms with Crippen LogP contribution < -0.4 is 0 Å². The van der Waals surface area contributed by atoms with Gasteiger partial charge in [0.05, 0.1) is 21.2 Å². The number of rotatable bonds is 3. The number of amides is 2. The first kappa shape index (κ1) is 13.9. The summed E-state index contributed by atoms with van der Waals surface area (Å²) in [6, 6.07) is 4.03. The van der Waals surface area contributed by atoms with E-state index in [9.17, 15) is 24.5 Å². The molecule has 21 heavy (non-hydrogen) atoms. The average Bonchev–Trinajstić information content (AvgIpc) is 3.14. The molecule has 1 unspecified atom stereocenters. The number of hydrogen-bond acceptors (Lipinski definition) is 5. The Morgan fingerprint density at radius 2 is 1.86 bits per heavy atom. The summed E-state index contributed by atoms with van der Waals surface area (Å²) in [4.78, 5) is 47.2. The van der Waals surface area contributed by atoms with Gasteiger partial charge in [0.15, 0.2) is 5.78 Å². The van der Waals surface area contributed by atoms with Crippen LogP contribution in [0, 0.1) is 27.9 Å². The molecule has 2 aliphatic rings. The summed E-state index contributed by atoms with van der Waals surface area (Å²) in [5, 5.41) is 10.9. The summed E-state index contributed by atoms with van der Waals surface area (Å²) in [7, 11) is 1.39. The molecule has 0 N–H and O–H groups in total. The van der Waals surface area contributed by atoms with E-state index >= 15 is 0 Å². The number of carbonyl (C=O) groups excluding carboxylic acids is 3. The van der Waals surface area contributed by atoms with Gasteiger partial charge in [-0.1, -0.05) is 0 Å². The van der Waals surface area contributed by atoms with Crippen molar-refractivity contribution in [2.24, 2.45) is 17.8 Å². The summed E-state index contributed by atoms with van der Waals surface area (Å²) >= 11 is 3.04. The Balaban J connectivity index is 1.89. The SMILES string of the molecule is CN1C(=O)[C@@H]2C(C(=O)c3ccc(Br)c([N+](=O)[O-])c3)[C@@H]2C1=O. The van der Waals surface area contributed by atoms with Gasteiger partial charge in [-0.15, -0.1) is 0 Å². The maximum atomic E-state index is 12.3. The van der Waals surface area contributed by atoms with Crippen molar-refractivity contribution in [3.05, 3.63) is 38.3 Å². The van der Waals surface area contributed by atoms with Gasteiger partial charge in [-0.2, -0.15) is 0 Å². The van der Waals surface area contributed by atoms with E-state index in [4.69, 9.17) is 0 Å². The lowest BCUT2D eigenvalue weighted by Gasteiger charge is -2.11. The van der Waals surface area contributed by atoms with Gasteiger partial charge in [-0.05, 0) is 28.1 Å². The van der Waals surface area contributed by atoms with E-state index in [1.54, 1.807) is 0 Å². The fourth-order valence-electron chi connectivity index (χ4n) is 2.81. The third-order valence-corrected chi connectivity index (χ3v) is 4.65. The molecular formula is C13H9BrN2O5. The summed E-state index contributed by atoms with van der Waals surface area (Å²) in [6.07, 6.45) is 0. The summed E-state index contributed by atoms with van der Waals surface area (Å²) < 4.78 is 0.270. The highest BCUT2D eigenvalue weighted by molar-refractivity contribution is 9.10. The van der Waals surface area contributed by atoms with E-state index in [0.29, 0.717) is 0 Å². The number of benzene rings is 1. The van der Waals surface area contributed by atoms with Gasteiger partial charge in [0.2, 0.25) is 11.8 Å². The molecule has 108 valence electrons. The van der Waals surface area contributed by atoms with Crippen molar-refractivity contribution in [3.8, 4) is 0 Å². The molecule has 1 aromatic rings. The smallest absolute Gasteiger partial charge is 0.284 e. The maximum Gasteiger partial charge on any atom is 0.284 e. The number of nitrogens with zero attached hydrogens (tertiary/aromatic N) is 2. The molecule has 0 spiro atoms. The summed E-state index contributed by atoms with van der Waals surface area (Å²) in [6.45, 7) is 0. The molecule has 1 aliphatic heterocycles. The van der Waals surface area contributed by atoms with E-state index in [2.05, 4.69) is 15.9 Å². The van der Waals surface area contributed by atoms with Gasteiger partial charge < -0.3 is 0 Å². The Hall–Kier alpha value is -2.09. The van der Waals surface area contributed by atoms with Crippen molar-refractivity contribution in [2.75, 3.05) is 7.05 Å². The summed E-state index contributed by atoms with van der Waals surface area (Å²) in [5.41, 5.74) is -0.0750. The van der Waals surface area contributed by atoms with Crippen LogP contribution in [0.1, 0.15) is 10.4 Å². The lowest BCUT2D eigenvalue weighted by Crippen LogP contribution is -2.32. The second kappa shape index (κ2) is 4.45. The Morgan fingerprint density at radius 1 is 1.29 bits per heavy atom. The lowest BCUT2D eigenvalue weighted by molar-refractivity contribution is -0.385. The van der Waals surface area contributed by atoms with Crippen molar-refractivity contribution in [1.82, 2.24) is 4.90 Å². The third kappa shape index (κ3) is 1.90. The molecule has 0 aromatic heterocycles. The largest absolute Gasteiger partial charge is 0.294 e. The highest BCUT2D eigenvalue weighted by Crippen LogP contribution is 2.54. The van der Waals surface area contributed by atoms with Gasteiger partial charge >= 0.3 is 0 Å². The molecule has 0 bridgehead atoms. The van der Waals surface area contributed by atoms with E-state index in [1.165, 1.54) is 25.2 Å². The second-order valence-electron chi connectivity index (χ2n) is 5.10. The number of halogens is 1. The number of likely N-dealkylation sites (tertiary alicyclic amines) is 1. The molecule has 0 radical (unpaired) electrons. The standard InChI is InChI=1S/C13H9BrN2O5/c1-15-12(18)9-8(10(9)13(15)19)11(17)5-2-3-6(14)7(4-5)16(20)21/h2-4,8-10H,1H3/t8?,9-,10+. The maximum absolute atomic E-state index is 12.3. The topological polar surface area (TPSA) is 97.6 Å². The van der Waals surface area contributed by atoms with E-state index < -0.39 is 28.5 Å². The molecule has 8 heteroatoms. The van der Waals surface area contributed by atoms with Crippen LogP contribution in [0.5, 0.6) is 0 Å². The number of nitro groups is 1. The van der Waals surface area contributed by atoms with Crippen LogP contribution in [0.15, 0.2) is 22.7 Å². The van der Waals surface area contributed by atoms with Crippen molar-refractivity contribution in [2.45, 2.75) is 0 Å². The lowest BCUT2D eigenvalue weighted by atomic mass is 10.0. The minimum atomic E-state index is -0.679. The molecule has 1 heterocycles. The minimum absolute atomic E-state index is 0.146. The quantitative estimate of drug-likeness (QED) is 0.354. The molecule has 7 nitrogen and oxygen atoms in total. The molecule has 2 amide bonds.